The van der Waals surface area contributed by atoms with E-state index in [4.69, 9.17) is 9.15 Å². The molecule has 0 N–H and O–H groups in total. The van der Waals surface area contributed by atoms with Crippen LogP contribution >= 0.6 is 0 Å². The number of non-ortho nitro benzene ring substituents is 1. The van der Waals surface area contributed by atoms with Crippen LogP contribution in [0.1, 0.15) is 16.7 Å². The van der Waals surface area contributed by atoms with Crippen molar-refractivity contribution >= 4 is 27.4 Å². The Morgan fingerprint density at radius 3 is 2.03 bits per heavy atom. The smallest absolute Gasteiger partial charge is 0.344 e. The molecule has 0 bridgehead atoms. The fourth-order valence-electron chi connectivity index (χ4n) is 4.49. The van der Waals surface area contributed by atoms with Gasteiger partial charge in [-0.25, -0.2) is 4.79 Å². The lowest BCUT2D eigenvalue weighted by molar-refractivity contribution is -0.384. The monoisotopic (exact) mass is 437 g/mol. The summed E-state index contributed by atoms with van der Waals surface area (Å²) in [5.41, 5.74) is 0.874. The highest BCUT2D eigenvalue weighted by Crippen LogP contribution is 2.43. The van der Waals surface area contributed by atoms with E-state index in [-0.39, 0.29) is 5.69 Å². The number of hydrogen-bond donors (Lipinski definition) is 0. The third-order valence-electron chi connectivity index (χ3n) is 6.00. The van der Waals surface area contributed by atoms with Crippen molar-refractivity contribution in [3.63, 3.8) is 0 Å². The summed E-state index contributed by atoms with van der Waals surface area (Å²) >= 11 is 0. The Balaban J connectivity index is 1.90. The first-order valence-electron chi connectivity index (χ1n) is 10.4. The van der Waals surface area contributed by atoms with Gasteiger partial charge in [0.2, 0.25) is 0 Å². The molecule has 0 aliphatic heterocycles. The molecule has 162 valence electrons. The zero-order valence-corrected chi connectivity index (χ0v) is 17.7. The molecule has 0 aliphatic carbocycles. The molecule has 1 aromatic heterocycles. The lowest BCUT2D eigenvalue weighted by Crippen LogP contribution is -2.32. The Morgan fingerprint density at radius 2 is 1.36 bits per heavy atom. The number of para-hydroxylation sites is 1. The van der Waals surface area contributed by atoms with Crippen LogP contribution in [0.5, 0.6) is 0 Å². The van der Waals surface area contributed by atoms with E-state index in [9.17, 15) is 14.9 Å². The minimum absolute atomic E-state index is 0.0211. The van der Waals surface area contributed by atoms with Crippen molar-refractivity contribution in [3.8, 4) is 0 Å². The number of hydrogen-bond acceptors (Lipinski definition) is 5. The third-order valence-corrected chi connectivity index (χ3v) is 6.00. The molecule has 5 rings (SSSR count). The molecule has 0 radical (unpaired) electrons. The highest BCUT2D eigenvalue weighted by molar-refractivity contribution is 6.05. The van der Waals surface area contributed by atoms with Crippen LogP contribution in [0, 0.1) is 10.1 Å². The molecule has 5 aromatic rings. The van der Waals surface area contributed by atoms with Crippen molar-refractivity contribution in [2.24, 2.45) is 0 Å². The second-order valence-electron chi connectivity index (χ2n) is 7.67. The number of nitro groups is 1. The van der Waals surface area contributed by atoms with Crippen molar-refractivity contribution in [1.82, 2.24) is 0 Å². The highest BCUT2D eigenvalue weighted by Gasteiger charge is 2.39. The zero-order chi connectivity index (χ0) is 23.0. The van der Waals surface area contributed by atoms with Crippen LogP contribution in [0.15, 0.2) is 106 Å². The summed E-state index contributed by atoms with van der Waals surface area (Å²) in [6.07, 6.45) is 0. The average Bonchev–Trinajstić information content (AvgIpc) is 2.86. The molecule has 6 heteroatoms. The molecule has 1 unspecified atom stereocenters. The Kier molecular flexibility index (Phi) is 4.99. The van der Waals surface area contributed by atoms with Crippen molar-refractivity contribution < 1.29 is 14.1 Å². The Morgan fingerprint density at radius 1 is 0.758 bits per heavy atom. The number of nitro benzene ring substituents is 1. The van der Waals surface area contributed by atoms with Gasteiger partial charge in [-0.05, 0) is 34.7 Å². The van der Waals surface area contributed by atoms with Gasteiger partial charge in [0, 0.05) is 30.2 Å². The molecule has 0 spiro atoms. The van der Waals surface area contributed by atoms with E-state index in [0.717, 1.165) is 16.3 Å². The summed E-state index contributed by atoms with van der Waals surface area (Å²) in [4.78, 5) is 23.7. The summed E-state index contributed by atoms with van der Waals surface area (Å²) in [7, 11) is 1.58. The topological polar surface area (TPSA) is 82.6 Å². The number of benzene rings is 4. The molecule has 0 amide bonds. The van der Waals surface area contributed by atoms with E-state index in [1.54, 1.807) is 31.4 Å². The van der Waals surface area contributed by atoms with Crippen molar-refractivity contribution in [1.29, 1.82) is 0 Å². The molecular formula is C27H19NO5. The minimum Gasteiger partial charge on any atom is -0.422 e. The molecule has 0 saturated carbocycles. The van der Waals surface area contributed by atoms with Crippen LogP contribution in [0.2, 0.25) is 0 Å². The van der Waals surface area contributed by atoms with Gasteiger partial charge in [0.1, 0.15) is 11.2 Å². The quantitative estimate of drug-likeness (QED) is 0.114. The van der Waals surface area contributed by atoms with Gasteiger partial charge in [0.15, 0.2) is 0 Å². The molecule has 0 saturated heterocycles. The Labute approximate surface area is 188 Å². The first-order chi connectivity index (χ1) is 16.1. The number of methoxy groups -OCH3 is 1. The standard InChI is InChI=1S/C27H19NO5/c1-32-27(18-8-3-2-4-9-18,19-14-16-20(17-15-19)28(30)31)24-13-7-12-22-21-10-5-6-11-23(21)26(29)33-25(22)24/h2-17H,1H3. The van der Waals surface area contributed by atoms with Gasteiger partial charge in [-0.1, -0.05) is 66.7 Å². The maximum Gasteiger partial charge on any atom is 0.344 e. The van der Waals surface area contributed by atoms with Crippen LogP contribution in [-0.2, 0) is 10.3 Å². The number of nitrogens with zero attached hydrogens (tertiary/aromatic N) is 1. The highest BCUT2D eigenvalue weighted by atomic mass is 16.6. The predicted molar refractivity (Wildman–Crippen MR) is 126 cm³/mol. The zero-order valence-electron chi connectivity index (χ0n) is 17.7. The second kappa shape index (κ2) is 8.00. The van der Waals surface area contributed by atoms with Crippen molar-refractivity contribution in [3.05, 3.63) is 134 Å². The van der Waals surface area contributed by atoms with Crippen LogP contribution in [0.4, 0.5) is 5.69 Å². The van der Waals surface area contributed by atoms with Gasteiger partial charge in [-0.15, -0.1) is 0 Å². The van der Waals surface area contributed by atoms with Crippen molar-refractivity contribution in [2.75, 3.05) is 7.11 Å². The molecule has 6 nitrogen and oxygen atoms in total. The Bertz CT molecular complexity index is 1540. The normalized spacial score (nSPS) is 13.1. The predicted octanol–water partition coefficient (Wildman–Crippen LogP) is 5.79. The van der Waals surface area contributed by atoms with Gasteiger partial charge >= 0.3 is 5.63 Å². The fourth-order valence-corrected chi connectivity index (χ4v) is 4.49. The van der Waals surface area contributed by atoms with Crippen LogP contribution < -0.4 is 5.63 Å². The van der Waals surface area contributed by atoms with Crippen LogP contribution in [-0.4, -0.2) is 12.0 Å². The van der Waals surface area contributed by atoms with Crippen LogP contribution in [0.25, 0.3) is 21.7 Å². The van der Waals surface area contributed by atoms with E-state index in [0.29, 0.717) is 22.1 Å². The van der Waals surface area contributed by atoms with E-state index >= 15 is 0 Å². The summed E-state index contributed by atoms with van der Waals surface area (Å²) in [5, 5.41) is 13.3. The molecular weight excluding hydrogens is 418 g/mol. The van der Waals surface area contributed by atoms with Gasteiger partial charge in [-0.3, -0.25) is 10.1 Å². The SMILES string of the molecule is COC(c1ccccc1)(c1ccc([N+](=O)[O-])cc1)c1cccc2c1oc(=O)c1ccccc12. The molecule has 4 aromatic carbocycles. The van der Waals surface area contributed by atoms with Gasteiger partial charge < -0.3 is 9.15 Å². The van der Waals surface area contributed by atoms with E-state index < -0.39 is 16.1 Å². The van der Waals surface area contributed by atoms with Crippen molar-refractivity contribution in [2.45, 2.75) is 5.60 Å². The van der Waals surface area contributed by atoms with E-state index in [1.807, 2.05) is 60.7 Å². The maximum absolute atomic E-state index is 12.9. The molecule has 33 heavy (non-hydrogen) atoms. The van der Waals surface area contributed by atoms with Gasteiger partial charge in [0.05, 0.1) is 10.3 Å². The lowest BCUT2D eigenvalue weighted by atomic mass is 9.79. The van der Waals surface area contributed by atoms with E-state index in [1.165, 1.54) is 12.1 Å². The van der Waals surface area contributed by atoms with Gasteiger partial charge in [-0.2, -0.15) is 0 Å². The second-order valence-corrected chi connectivity index (χ2v) is 7.67. The summed E-state index contributed by atoms with van der Waals surface area (Å²) in [5.74, 6) is 0. The minimum atomic E-state index is -1.17. The lowest BCUT2D eigenvalue weighted by Gasteiger charge is -2.34. The number of fused-ring (bicyclic) bond motifs is 3. The molecule has 0 aliphatic rings. The summed E-state index contributed by atoms with van der Waals surface area (Å²) < 4.78 is 12.1. The van der Waals surface area contributed by atoms with Crippen LogP contribution in [0.3, 0.4) is 0 Å². The average molecular weight is 437 g/mol. The molecule has 1 atom stereocenters. The first kappa shape index (κ1) is 20.6. The fraction of sp³-hybridized carbons (Fsp3) is 0.0741. The largest absolute Gasteiger partial charge is 0.422 e. The molecule has 1 heterocycles. The first-order valence-corrected chi connectivity index (χ1v) is 10.4. The summed E-state index contributed by atoms with van der Waals surface area (Å²) in [6, 6.07) is 28.7. The van der Waals surface area contributed by atoms with Gasteiger partial charge in [0.25, 0.3) is 5.69 Å². The summed E-state index contributed by atoms with van der Waals surface area (Å²) in [6.45, 7) is 0. The number of rotatable bonds is 5. The maximum atomic E-state index is 12.9. The molecule has 0 fully saturated rings. The third kappa shape index (κ3) is 3.20. The van der Waals surface area contributed by atoms with E-state index in [2.05, 4.69) is 0 Å². The number of ether oxygens (including phenoxy) is 1. The Hall–Kier alpha value is -4.29.